The summed E-state index contributed by atoms with van der Waals surface area (Å²) in [6, 6.07) is 9.78. The van der Waals surface area contributed by atoms with Crippen LogP contribution in [-0.4, -0.2) is 33.9 Å². The maximum Gasteiger partial charge on any atom is 0.229 e. The molecule has 0 N–H and O–H groups in total. The molecule has 2 heterocycles. The Morgan fingerprint density at radius 1 is 1.10 bits per heavy atom. The molecule has 0 bridgehead atoms. The molecule has 1 saturated heterocycles. The third-order valence-corrected chi connectivity index (χ3v) is 4.02. The number of benzene rings is 1. The Kier molecular flexibility index (Phi) is 3.95. The van der Waals surface area contributed by atoms with Crippen molar-refractivity contribution in [2.45, 2.75) is 25.7 Å². The zero-order valence-corrected chi connectivity index (χ0v) is 12.2. The lowest BCUT2D eigenvalue weighted by Gasteiger charge is -2.20. The molecule has 1 aromatic carbocycles. The first kappa shape index (κ1) is 13.7. The van der Waals surface area contributed by atoms with Crippen molar-refractivity contribution >= 4 is 5.91 Å². The summed E-state index contributed by atoms with van der Waals surface area (Å²) < 4.78 is 0. The third kappa shape index (κ3) is 2.94. The number of nitrogens with zero attached hydrogens (tertiary/aromatic N) is 3. The van der Waals surface area contributed by atoms with E-state index in [1.165, 1.54) is 0 Å². The molecule has 4 heteroatoms. The second kappa shape index (κ2) is 6.04. The molecule has 3 rings (SSSR count). The normalized spacial score (nSPS) is 16.0. The van der Waals surface area contributed by atoms with Crippen molar-refractivity contribution in [1.29, 1.82) is 0 Å². The fraction of sp³-hybridized carbons (Fsp3) is 0.353. The van der Waals surface area contributed by atoms with E-state index in [0.717, 1.165) is 37.1 Å². The minimum atomic E-state index is -0.0890. The van der Waals surface area contributed by atoms with Crippen LogP contribution in [0.4, 0.5) is 0 Å². The SMILES string of the molecule is C[C@H](C(=O)N1CCCC1)c1ccc(-c2ncccn2)cc1. The van der Waals surface area contributed by atoms with Gasteiger partial charge in [-0.2, -0.15) is 0 Å². The maximum absolute atomic E-state index is 12.4. The van der Waals surface area contributed by atoms with Crippen molar-refractivity contribution in [2.75, 3.05) is 13.1 Å². The van der Waals surface area contributed by atoms with Gasteiger partial charge >= 0.3 is 0 Å². The van der Waals surface area contributed by atoms with Gasteiger partial charge in [-0.3, -0.25) is 4.79 Å². The van der Waals surface area contributed by atoms with Crippen LogP contribution in [0.1, 0.15) is 31.2 Å². The molecule has 1 amide bonds. The van der Waals surface area contributed by atoms with Crippen molar-refractivity contribution < 1.29 is 4.79 Å². The van der Waals surface area contributed by atoms with Gasteiger partial charge in [0.15, 0.2) is 5.82 Å². The number of rotatable bonds is 3. The summed E-state index contributed by atoms with van der Waals surface area (Å²) in [4.78, 5) is 22.8. The van der Waals surface area contributed by atoms with Gasteiger partial charge in [0, 0.05) is 31.0 Å². The first-order chi connectivity index (χ1) is 10.3. The van der Waals surface area contributed by atoms with Crippen molar-refractivity contribution in [3.63, 3.8) is 0 Å². The molecule has 0 aliphatic carbocycles. The molecular weight excluding hydrogens is 262 g/mol. The Bertz CT molecular complexity index is 604. The summed E-state index contributed by atoms with van der Waals surface area (Å²) in [6.07, 6.45) is 5.72. The lowest BCUT2D eigenvalue weighted by Crippen LogP contribution is -2.31. The topological polar surface area (TPSA) is 46.1 Å². The van der Waals surface area contributed by atoms with Crippen LogP contribution in [0.2, 0.25) is 0 Å². The van der Waals surface area contributed by atoms with E-state index in [2.05, 4.69) is 9.97 Å². The van der Waals surface area contributed by atoms with Gasteiger partial charge in [0.05, 0.1) is 5.92 Å². The molecule has 0 saturated carbocycles. The van der Waals surface area contributed by atoms with Crippen molar-refractivity contribution in [3.05, 3.63) is 48.3 Å². The number of aromatic nitrogens is 2. The summed E-state index contributed by atoms with van der Waals surface area (Å²) in [6.45, 7) is 3.78. The third-order valence-electron chi connectivity index (χ3n) is 4.02. The molecule has 2 aromatic rings. The van der Waals surface area contributed by atoms with Gasteiger partial charge in [0.2, 0.25) is 5.91 Å². The highest BCUT2D eigenvalue weighted by Crippen LogP contribution is 2.23. The number of carbonyl (C=O) groups is 1. The van der Waals surface area contributed by atoms with Crippen molar-refractivity contribution in [1.82, 2.24) is 14.9 Å². The number of carbonyl (C=O) groups excluding carboxylic acids is 1. The fourth-order valence-electron chi connectivity index (χ4n) is 2.72. The average Bonchev–Trinajstić information content (AvgIpc) is 3.09. The molecule has 4 nitrogen and oxygen atoms in total. The molecule has 1 aliphatic rings. The van der Waals surface area contributed by atoms with Crippen LogP contribution >= 0.6 is 0 Å². The predicted octanol–water partition coefficient (Wildman–Crippen LogP) is 2.87. The molecule has 21 heavy (non-hydrogen) atoms. The molecule has 1 atom stereocenters. The van der Waals surface area contributed by atoms with E-state index in [-0.39, 0.29) is 11.8 Å². The molecule has 0 radical (unpaired) electrons. The monoisotopic (exact) mass is 281 g/mol. The molecule has 1 fully saturated rings. The number of hydrogen-bond acceptors (Lipinski definition) is 3. The maximum atomic E-state index is 12.4. The zero-order valence-electron chi connectivity index (χ0n) is 12.2. The summed E-state index contributed by atoms with van der Waals surface area (Å²) in [7, 11) is 0. The van der Waals surface area contributed by atoms with Crippen LogP contribution in [0.15, 0.2) is 42.7 Å². The van der Waals surface area contributed by atoms with Crippen LogP contribution in [0.5, 0.6) is 0 Å². The minimum absolute atomic E-state index is 0.0890. The minimum Gasteiger partial charge on any atom is -0.342 e. The molecule has 1 aliphatic heterocycles. The molecule has 1 aromatic heterocycles. The molecule has 108 valence electrons. The van der Waals surface area contributed by atoms with Gasteiger partial charge in [-0.15, -0.1) is 0 Å². The highest BCUT2D eigenvalue weighted by atomic mass is 16.2. The highest BCUT2D eigenvalue weighted by Gasteiger charge is 2.24. The van der Waals surface area contributed by atoms with Gasteiger partial charge in [0.1, 0.15) is 0 Å². The molecular formula is C17H19N3O. The van der Waals surface area contributed by atoms with Crippen molar-refractivity contribution in [3.8, 4) is 11.4 Å². The van der Waals surface area contributed by atoms with E-state index < -0.39 is 0 Å². The lowest BCUT2D eigenvalue weighted by molar-refractivity contribution is -0.131. The number of likely N-dealkylation sites (tertiary alicyclic amines) is 1. The molecule has 0 unspecified atom stereocenters. The summed E-state index contributed by atoms with van der Waals surface area (Å²) in [5.41, 5.74) is 2.02. The van der Waals surface area contributed by atoms with E-state index in [1.54, 1.807) is 18.5 Å². The van der Waals surface area contributed by atoms with Gasteiger partial charge in [-0.05, 0) is 31.4 Å². The quantitative estimate of drug-likeness (QED) is 0.869. The van der Waals surface area contributed by atoms with Crippen molar-refractivity contribution in [2.24, 2.45) is 0 Å². The second-order valence-corrected chi connectivity index (χ2v) is 5.45. The van der Waals surface area contributed by atoms with Crippen LogP contribution in [0.25, 0.3) is 11.4 Å². The second-order valence-electron chi connectivity index (χ2n) is 5.45. The Balaban J connectivity index is 1.76. The number of hydrogen-bond donors (Lipinski definition) is 0. The van der Waals surface area contributed by atoms with E-state index in [9.17, 15) is 4.79 Å². The first-order valence-electron chi connectivity index (χ1n) is 7.42. The van der Waals surface area contributed by atoms with Crippen LogP contribution in [0, 0.1) is 0 Å². The van der Waals surface area contributed by atoms with Gasteiger partial charge < -0.3 is 4.90 Å². The van der Waals surface area contributed by atoms with E-state index in [0.29, 0.717) is 5.82 Å². The summed E-state index contributed by atoms with van der Waals surface area (Å²) >= 11 is 0. The van der Waals surface area contributed by atoms with Gasteiger partial charge in [-0.1, -0.05) is 24.3 Å². The average molecular weight is 281 g/mol. The van der Waals surface area contributed by atoms with E-state index >= 15 is 0 Å². The first-order valence-corrected chi connectivity index (χ1v) is 7.42. The Hall–Kier alpha value is -2.23. The summed E-state index contributed by atoms with van der Waals surface area (Å²) in [5, 5.41) is 0. The lowest BCUT2D eigenvalue weighted by atomic mass is 9.98. The van der Waals surface area contributed by atoms with Crippen LogP contribution in [0.3, 0.4) is 0 Å². The number of amides is 1. The smallest absolute Gasteiger partial charge is 0.229 e. The highest BCUT2D eigenvalue weighted by molar-refractivity contribution is 5.83. The van der Waals surface area contributed by atoms with Crippen LogP contribution < -0.4 is 0 Å². The van der Waals surface area contributed by atoms with Gasteiger partial charge in [-0.25, -0.2) is 9.97 Å². The predicted molar refractivity (Wildman–Crippen MR) is 81.7 cm³/mol. The standard InChI is InChI=1S/C17H19N3O/c1-13(17(21)20-11-2-3-12-20)14-5-7-15(8-6-14)16-18-9-4-10-19-16/h4-10,13H,2-3,11-12H2,1H3/t13-/m0/s1. The summed E-state index contributed by atoms with van der Waals surface area (Å²) in [5.74, 6) is 0.854. The zero-order chi connectivity index (χ0) is 14.7. The van der Waals surface area contributed by atoms with Crippen LogP contribution in [-0.2, 0) is 4.79 Å². The Morgan fingerprint density at radius 3 is 2.33 bits per heavy atom. The fourth-order valence-corrected chi connectivity index (χ4v) is 2.72. The van der Waals surface area contributed by atoms with Gasteiger partial charge in [0.25, 0.3) is 0 Å². The molecule has 0 spiro atoms. The Labute approximate surface area is 124 Å². The van der Waals surface area contributed by atoms with E-state index in [1.807, 2.05) is 36.1 Å². The largest absolute Gasteiger partial charge is 0.342 e. The Morgan fingerprint density at radius 2 is 1.71 bits per heavy atom. The van der Waals surface area contributed by atoms with E-state index in [4.69, 9.17) is 0 Å².